The van der Waals surface area contributed by atoms with Crippen LogP contribution in [0.4, 0.5) is 4.79 Å². The number of carboxylic acid groups (broad SMARTS) is 2. The summed E-state index contributed by atoms with van der Waals surface area (Å²) in [6, 6.07) is -0.740. The zero-order valence-electron chi connectivity index (χ0n) is 15.3. The predicted molar refractivity (Wildman–Crippen MR) is 104 cm³/mol. The van der Waals surface area contributed by atoms with E-state index in [1.54, 1.807) is 0 Å². The number of hydrogen-bond donors (Lipinski definition) is 5. The van der Waals surface area contributed by atoms with Gasteiger partial charge in [0.2, 0.25) is 5.91 Å². The molecular weight excluding hydrogens is 456 g/mol. The van der Waals surface area contributed by atoms with E-state index in [4.69, 9.17) is 0 Å². The van der Waals surface area contributed by atoms with Gasteiger partial charge in [-0.1, -0.05) is 0 Å². The number of rotatable bonds is 9. The Labute approximate surface area is 176 Å². The van der Waals surface area contributed by atoms with Crippen LogP contribution in [0.1, 0.15) is 4.79 Å². The molecule has 2 rings (SSSR count). The molecule has 0 aliphatic heterocycles. The minimum absolute atomic E-state index is 0.290. The van der Waals surface area contributed by atoms with Gasteiger partial charge in [-0.2, -0.15) is 0 Å². The van der Waals surface area contributed by atoms with Gasteiger partial charge in [-0.25, -0.2) is 24.4 Å². The summed E-state index contributed by atoms with van der Waals surface area (Å²) in [5, 5.41) is 24.8. The number of hydrogen-bond acceptors (Lipinski definition) is 8. The normalized spacial score (nSPS) is 11.5. The smallest absolute Gasteiger partial charge is 0.340 e. The zero-order chi connectivity index (χ0) is 23.0. The van der Waals surface area contributed by atoms with E-state index in [1.807, 2.05) is 10.2 Å². The maximum Gasteiger partial charge on any atom is 0.340 e. The summed E-state index contributed by atoms with van der Waals surface area (Å²) in [5.41, 5.74) is -3.53. The van der Waals surface area contributed by atoms with E-state index < -0.39 is 58.7 Å². The van der Waals surface area contributed by atoms with Crippen LogP contribution in [0.5, 0.6) is 0 Å². The van der Waals surface area contributed by atoms with Gasteiger partial charge >= 0.3 is 23.4 Å². The molecule has 0 saturated heterocycles. The van der Waals surface area contributed by atoms with Gasteiger partial charge in [-0.05, 0) is 8.73 Å². The fourth-order valence-electron chi connectivity index (χ4n) is 2.05. The lowest BCUT2D eigenvalue weighted by molar-refractivity contribution is -0.171. The Bertz CT molecular complexity index is 912. The molecule has 5 N–H and O–H groups in total. The molecule has 0 saturated carbocycles. The number of carbonyl (C=O) groups is 6. The van der Waals surface area contributed by atoms with Crippen LogP contribution in [-0.4, -0.2) is 71.2 Å². The van der Waals surface area contributed by atoms with Crippen LogP contribution in [-0.2, 0) is 19.2 Å². The minimum atomic E-state index is -3.53. The maximum absolute atomic E-state index is 12.4. The molecule has 0 aromatic carbocycles. The predicted octanol–water partition coefficient (Wildman–Crippen LogP) is -1.53. The van der Waals surface area contributed by atoms with Gasteiger partial charge in [0.05, 0.1) is 15.0 Å². The van der Waals surface area contributed by atoms with Gasteiger partial charge in [-0.3, -0.25) is 23.5 Å². The Morgan fingerprint density at radius 3 is 1.90 bits per heavy atom. The highest BCUT2D eigenvalue weighted by Gasteiger charge is 2.61. The molecule has 2 heterocycles. The fourth-order valence-corrected chi connectivity index (χ4v) is 3.42. The first-order chi connectivity index (χ1) is 14.7. The van der Waals surface area contributed by atoms with E-state index in [2.05, 4.69) is 15.1 Å². The molecular formula is C14H15N7O8P2. The lowest BCUT2D eigenvalue weighted by Gasteiger charge is -2.22. The highest BCUT2D eigenvalue weighted by molar-refractivity contribution is 7.38. The third-order valence-electron chi connectivity index (χ3n) is 3.64. The number of nitrogens with zero attached hydrogens (tertiary/aromatic N) is 4. The van der Waals surface area contributed by atoms with Crippen molar-refractivity contribution in [2.24, 2.45) is 5.41 Å². The first-order valence-corrected chi connectivity index (χ1v) is 10.3. The molecule has 17 heteroatoms. The summed E-state index contributed by atoms with van der Waals surface area (Å²) in [6.07, 6.45) is 7.36. The Hall–Kier alpha value is -3.70. The molecule has 2 aromatic rings. The number of amides is 3. The van der Waals surface area contributed by atoms with Crippen molar-refractivity contribution in [2.75, 3.05) is 6.16 Å². The summed E-state index contributed by atoms with van der Waals surface area (Å²) in [4.78, 5) is 79.0. The lowest BCUT2D eigenvalue weighted by Crippen LogP contribution is -2.58. The average Bonchev–Trinajstić information content (AvgIpc) is 3.42. The average molecular weight is 471 g/mol. The lowest BCUT2D eigenvalue weighted by atomic mass is 9.86. The second kappa shape index (κ2) is 10.4. The van der Waals surface area contributed by atoms with E-state index in [-0.39, 0.29) is 6.16 Å². The Morgan fingerprint density at radius 2 is 1.39 bits per heavy atom. The zero-order valence-corrected chi connectivity index (χ0v) is 17.3. The van der Waals surface area contributed by atoms with Crippen molar-refractivity contribution in [1.29, 1.82) is 0 Å². The molecule has 164 valence electrons. The molecule has 0 fully saturated rings. The van der Waals surface area contributed by atoms with Crippen LogP contribution in [0.3, 0.4) is 0 Å². The van der Waals surface area contributed by atoms with Crippen molar-refractivity contribution in [3.05, 3.63) is 37.4 Å². The summed E-state index contributed by atoms with van der Waals surface area (Å²) in [7, 11) is -1.67. The van der Waals surface area contributed by atoms with Crippen molar-refractivity contribution in [1.82, 2.24) is 34.4 Å². The van der Waals surface area contributed by atoms with Crippen LogP contribution in [0.25, 0.3) is 0 Å². The second-order valence-electron chi connectivity index (χ2n) is 5.51. The van der Waals surface area contributed by atoms with E-state index in [9.17, 15) is 39.0 Å². The molecule has 0 bridgehead atoms. The van der Waals surface area contributed by atoms with E-state index >= 15 is 0 Å². The SMILES string of the molecule is O=C(CPNC(=O)C(C(=O)O)(C(=O)O)C(=O)NPNC(=O)n1ccnc1)n1ccnc1. The first kappa shape index (κ1) is 23.6. The van der Waals surface area contributed by atoms with E-state index in [0.29, 0.717) is 0 Å². The van der Waals surface area contributed by atoms with Gasteiger partial charge in [-0.15, -0.1) is 0 Å². The number of imidazole rings is 2. The summed E-state index contributed by atoms with van der Waals surface area (Å²) >= 11 is 0. The van der Waals surface area contributed by atoms with Crippen LogP contribution in [0.15, 0.2) is 37.4 Å². The standard InChI is InChI=1S/C14H15N7O8P2/c22-8(20-3-1-15-6-20)5-30-17-9(23)14(11(25)26,12(27)28)10(24)18-31-19-13(29)21-4-2-16-7-21/h1-4,6-7,30-31H,5H2,(H,17,23)(H,18,24)(H,19,29)(H,25,26)(H,27,28). The van der Waals surface area contributed by atoms with Crippen LogP contribution < -0.4 is 15.3 Å². The molecule has 2 unspecified atom stereocenters. The Morgan fingerprint density at radius 1 is 0.839 bits per heavy atom. The maximum atomic E-state index is 12.4. The summed E-state index contributed by atoms with van der Waals surface area (Å²) < 4.78 is 2.11. The van der Waals surface area contributed by atoms with E-state index in [1.165, 1.54) is 31.1 Å². The molecule has 0 spiro atoms. The molecule has 31 heavy (non-hydrogen) atoms. The molecule has 2 atom stereocenters. The third kappa shape index (κ3) is 5.27. The van der Waals surface area contributed by atoms with Crippen molar-refractivity contribution in [3.63, 3.8) is 0 Å². The van der Waals surface area contributed by atoms with Crippen molar-refractivity contribution < 1.29 is 39.0 Å². The quantitative estimate of drug-likeness (QED) is 0.210. The summed E-state index contributed by atoms with van der Waals surface area (Å²) in [5.74, 6) is -8.31. The fraction of sp³-hybridized carbons (Fsp3) is 0.143. The largest absolute Gasteiger partial charge is 0.480 e. The van der Waals surface area contributed by atoms with Crippen LogP contribution in [0.2, 0.25) is 0 Å². The highest BCUT2D eigenvalue weighted by atomic mass is 31.1. The number of carbonyl (C=O) groups excluding carboxylic acids is 4. The van der Waals surface area contributed by atoms with Crippen molar-refractivity contribution in [3.8, 4) is 0 Å². The van der Waals surface area contributed by atoms with Gasteiger partial charge in [0.1, 0.15) is 12.7 Å². The monoisotopic (exact) mass is 471 g/mol. The van der Waals surface area contributed by atoms with Gasteiger partial charge in [0.15, 0.2) is 0 Å². The van der Waals surface area contributed by atoms with Crippen LogP contribution in [0, 0.1) is 5.41 Å². The molecule has 15 nitrogen and oxygen atoms in total. The first-order valence-electron chi connectivity index (χ1n) is 8.06. The number of nitrogens with one attached hydrogen (secondary N) is 3. The number of aromatic nitrogens is 4. The van der Waals surface area contributed by atoms with Gasteiger partial charge in [0, 0.05) is 24.8 Å². The molecule has 3 amide bonds. The van der Waals surface area contributed by atoms with Crippen molar-refractivity contribution >= 4 is 53.3 Å². The molecule has 0 aliphatic carbocycles. The van der Waals surface area contributed by atoms with E-state index in [0.717, 1.165) is 15.5 Å². The molecule has 0 aliphatic rings. The Kier molecular flexibility index (Phi) is 7.88. The number of aliphatic carboxylic acids is 2. The van der Waals surface area contributed by atoms with Crippen molar-refractivity contribution in [2.45, 2.75) is 0 Å². The molecule has 0 radical (unpaired) electrons. The van der Waals surface area contributed by atoms with Crippen LogP contribution >= 0.6 is 17.6 Å². The van der Waals surface area contributed by atoms with Gasteiger partial charge < -0.3 is 25.5 Å². The number of carboxylic acids is 2. The molecule has 2 aromatic heterocycles. The Balaban J connectivity index is 2.02. The highest BCUT2D eigenvalue weighted by Crippen LogP contribution is 2.23. The minimum Gasteiger partial charge on any atom is -0.480 e. The second-order valence-corrected chi connectivity index (χ2v) is 7.22. The van der Waals surface area contributed by atoms with Gasteiger partial charge in [0.25, 0.3) is 11.8 Å². The topological polar surface area (TPSA) is 215 Å². The summed E-state index contributed by atoms with van der Waals surface area (Å²) in [6.45, 7) is 0. The third-order valence-corrected chi connectivity index (χ3v) is 5.22.